The van der Waals surface area contributed by atoms with Crippen LogP contribution in [-0.2, 0) is 11.3 Å². The van der Waals surface area contributed by atoms with Crippen molar-refractivity contribution in [1.82, 2.24) is 4.90 Å². The van der Waals surface area contributed by atoms with Gasteiger partial charge in [-0.15, -0.1) is 0 Å². The fourth-order valence-electron chi connectivity index (χ4n) is 7.91. The Hall–Kier alpha value is -4.35. The number of benzene rings is 3. The molecule has 5 nitrogen and oxygen atoms in total. The van der Waals surface area contributed by atoms with Gasteiger partial charge in [0.25, 0.3) is 0 Å². The first-order valence-corrected chi connectivity index (χ1v) is 17.4. The zero-order valence-corrected chi connectivity index (χ0v) is 27.3. The van der Waals surface area contributed by atoms with Crippen LogP contribution in [0.5, 0.6) is 11.5 Å². The number of ketones is 1. The van der Waals surface area contributed by atoms with Crippen molar-refractivity contribution in [3.8, 4) is 22.6 Å². The van der Waals surface area contributed by atoms with E-state index in [4.69, 9.17) is 9.47 Å². The number of aliphatic hydroxyl groups excluding tert-OH is 1. The lowest BCUT2D eigenvalue weighted by molar-refractivity contribution is -0.109. The first-order valence-electron chi connectivity index (χ1n) is 17.4. The standard InChI is InChI=1S/C42H45NO4/c1-29-21-36(43(19-20-44)27-31-11-6-3-7-12-31)26-39(40(45)24-33-14-8-13-32(33)22-30-9-4-2-5-10-30)38-23-34(15-17-37(29)38)35-16-18-41-42(25-35)47-28-46-41/h3,6-7,11-12,15-18,21,23-26,30,32,44H,1-2,4-5,8-10,13-14,19-20,22,27-28H2/b33-24-/t32-/m0/s1. The molecular weight excluding hydrogens is 582 g/mol. The summed E-state index contributed by atoms with van der Waals surface area (Å²) in [6, 6.07) is 22.5. The molecule has 0 amide bonds. The van der Waals surface area contributed by atoms with Gasteiger partial charge in [-0.3, -0.25) is 4.79 Å². The van der Waals surface area contributed by atoms with E-state index in [1.165, 1.54) is 50.5 Å². The lowest BCUT2D eigenvalue weighted by Gasteiger charge is -2.26. The fourth-order valence-corrected chi connectivity index (χ4v) is 7.91. The molecule has 2 fully saturated rings. The summed E-state index contributed by atoms with van der Waals surface area (Å²) in [5.74, 6) is 2.81. The Balaban J connectivity index is 1.28. The highest BCUT2D eigenvalue weighted by atomic mass is 16.7. The number of rotatable bonds is 10. The zero-order chi connectivity index (χ0) is 32.2. The number of ether oxygens (including phenoxy) is 2. The monoisotopic (exact) mass is 627 g/mol. The molecule has 1 atom stereocenters. The van der Waals surface area contributed by atoms with Crippen molar-refractivity contribution in [2.75, 3.05) is 19.9 Å². The average molecular weight is 628 g/mol. The molecule has 3 aliphatic carbocycles. The number of hydrogen-bond acceptors (Lipinski definition) is 5. The van der Waals surface area contributed by atoms with Crippen LogP contribution in [0.1, 0.15) is 74.5 Å². The third-order valence-corrected chi connectivity index (χ3v) is 10.4. The zero-order valence-electron chi connectivity index (χ0n) is 27.3. The van der Waals surface area contributed by atoms with E-state index in [-0.39, 0.29) is 19.2 Å². The van der Waals surface area contributed by atoms with E-state index >= 15 is 0 Å². The van der Waals surface area contributed by atoms with E-state index in [1.54, 1.807) is 0 Å². The maximum Gasteiger partial charge on any atom is 0.231 e. The van der Waals surface area contributed by atoms with Crippen molar-refractivity contribution in [3.63, 3.8) is 0 Å². The van der Waals surface area contributed by atoms with Gasteiger partial charge < -0.3 is 19.5 Å². The maximum absolute atomic E-state index is 14.6. The molecule has 1 N–H and O–H groups in total. The Morgan fingerprint density at radius 2 is 1.66 bits per heavy atom. The molecule has 1 aliphatic heterocycles. The second-order valence-corrected chi connectivity index (χ2v) is 13.5. The van der Waals surface area contributed by atoms with E-state index in [9.17, 15) is 9.90 Å². The predicted molar refractivity (Wildman–Crippen MR) is 189 cm³/mol. The number of carbonyl (C=O) groups excluding carboxylic acids is 1. The van der Waals surface area contributed by atoms with Gasteiger partial charge in [-0.2, -0.15) is 0 Å². The minimum absolute atomic E-state index is 0.00186. The molecule has 0 bridgehead atoms. The van der Waals surface area contributed by atoms with Crippen molar-refractivity contribution < 1.29 is 19.4 Å². The van der Waals surface area contributed by atoms with Gasteiger partial charge in [-0.25, -0.2) is 0 Å². The third-order valence-electron chi connectivity index (χ3n) is 10.4. The SMILES string of the molecule is C=C1C=C(N(CCO)Cc2ccccc2)C=C(C(=O)/C=C2/CCC[C@H]2CC2CCCCC2)c2cc(-c3ccc4c(c3)OCO4)ccc21. The molecular formula is C42H45NO4. The van der Waals surface area contributed by atoms with Gasteiger partial charge in [0, 0.05) is 24.4 Å². The summed E-state index contributed by atoms with van der Waals surface area (Å²) in [7, 11) is 0. The first-order chi connectivity index (χ1) is 23.1. The molecule has 0 unspecified atom stereocenters. The summed E-state index contributed by atoms with van der Waals surface area (Å²) in [5, 5.41) is 10.1. The van der Waals surface area contributed by atoms with Crippen LogP contribution in [0.3, 0.4) is 0 Å². The average Bonchev–Trinajstić information content (AvgIpc) is 3.72. The van der Waals surface area contributed by atoms with Gasteiger partial charge in [0.1, 0.15) is 0 Å². The van der Waals surface area contributed by atoms with Gasteiger partial charge in [0.15, 0.2) is 17.3 Å². The molecule has 47 heavy (non-hydrogen) atoms. The lowest BCUT2D eigenvalue weighted by atomic mass is 9.81. The number of carbonyl (C=O) groups is 1. The van der Waals surface area contributed by atoms with Crippen molar-refractivity contribution in [2.24, 2.45) is 11.8 Å². The molecule has 2 saturated carbocycles. The molecule has 3 aromatic carbocycles. The highest BCUT2D eigenvalue weighted by molar-refractivity contribution is 6.28. The molecule has 0 saturated heterocycles. The van der Waals surface area contributed by atoms with Gasteiger partial charge in [-0.1, -0.05) is 92.8 Å². The molecule has 3 aromatic rings. The third kappa shape index (κ3) is 7.01. The van der Waals surface area contributed by atoms with Gasteiger partial charge in [0.2, 0.25) is 6.79 Å². The van der Waals surface area contributed by atoms with E-state index in [0.29, 0.717) is 24.6 Å². The topological polar surface area (TPSA) is 59.0 Å². The molecule has 0 radical (unpaired) electrons. The Kier molecular flexibility index (Phi) is 9.44. The highest BCUT2D eigenvalue weighted by Gasteiger charge is 2.28. The second-order valence-electron chi connectivity index (χ2n) is 13.5. The minimum Gasteiger partial charge on any atom is -0.454 e. The first kappa shape index (κ1) is 31.3. The fraction of sp³-hybridized carbons (Fsp3) is 0.357. The van der Waals surface area contributed by atoms with Crippen LogP contribution in [0.25, 0.3) is 22.3 Å². The van der Waals surface area contributed by atoms with Gasteiger partial charge >= 0.3 is 0 Å². The smallest absolute Gasteiger partial charge is 0.231 e. The predicted octanol–water partition coefficient (Wildman–Crippen LogP) is 9.14. The van der Waals surface area contributed by atoms with Crippen LogP contribution in [0, 0.1) is 11.8 Å². The van der Waals surface area contributed by atoms with E-state index < -0.39 is 0 Å². The number of aliphatic hydroxyl groups is 1. The Morgan fingerprint density at radius 3 is 2.49 bits per heavy atom. The van der Waals surface area contributed by atoms with Gasteiger partial charge in [-0.05, 0) is 107 Å². The molecule has 1 heterocycles. The van der Waals surface area contributed by atoms with Crippen molar-refractivity contribution in [2.45, 2.75) is 64.3 Å². The van der Waals surface area contributed by atoms with Crippen LogP contribution in [-0.4, -0.2) is 35.7 Å². The largest absolute Gasteiger partial charge is 0.454 e. The number of fused-ring (bicyclic) bond motifs is 2. The lowest BCUT2D eigenvalue weighted by Crippen LogP contribution is -2.25. The molecule has 242 valence electrons. The number of hydrogen-bond donors (Lipinski definition) is 1. The number of nitrogens with zero attached hydrogens (tertiary/aromatic N) is 1. The van der Waals surface area contributed by atoms with Crippen LogP contribution < -0.4 is 9.47 Å². The summed E-state index contributed by atoms with van der Waals surface area (Å²) in [6.45, 7) is 5.76. The quantitative estimate of drug-likeness (QED) is 0.227. The molecule has 0 spiro atoms. The summed E-state index contributed by atoms with van der Waals surface area (Å²) >= 11 is 0. The highest BCUT2D eigenvalue weighted by Crippen LogP contribution is 2.42. The summed E-state index contributed by atoms with van der Waals surface area (Å²) < 4.78 is 11.2. The van der Waals surface area contributed by atoms with Crippen LogP contribution in [0.2, 0.25) is 0 Å². The maximum atomic E-state index is 14.6. The summed E-state index contributed by atoms with van der Waals surface area (Å²) in [6.07, 6.45) is 17.3. The Morgan fingerprint density at radius 1 is 0.872 bits per heavy atom. The molecule has 4 aliphatic rings. The van der Waals surface area contributed by atoms with Crippen LogP contribution in [0.15, 0.2) is 103 Å². The molecule has 7 rings (SSSR count). The Bertz CT molecular complexity index is 1730. The summed E-state index contributed by atoms with van der Waals surface area (Å²) in [4.78, 5) is 16.7. The second kappa shape index (κ2) is 14.2. The molecule has 5 heteroatoms. The van der Waals surface area contributed by atoms with Gasteiger partial charge in [0.05, 0.1) is 6.61 Å². The van der Waals surface area contributed by atoms with Crippen molar-refractivity contribution in [3.05, 3.63) is 119 Å². The summed E-state index contributed by atoms with van der Waals surface area (Å²) in [5.41, 5.74) is 8.65. The van der Waals surface area contributed by atoms with Crippen molar-refractivity contribution in [1.29, 1.82) is 0 Å². The van der Waals surface area contributed by atoms with E-state index in [2.05, 4.69) is 47.9 Å². The normalized spacial score (nSPS) is 20.1. The van der Waals surface area contributed by atoms with Crippen LogP contribution in [0.4, 0.5) is 0 Å². The molecule has 0 aromatic heterocycles. The number of allylic oxidation sites excluding steroid dienone is 6. The van der Waals surface area contributed by atoms with E-state index in [1.807, 2.05) is 48.6 Å². The van der Waals surface area contributed by atoms with Crippen molar-refractivity contribution >= 4 is 16.9 Å². The Labute approximate surface area is 278 Å². The minimum atomic E-state index is 0.00186. The van der Waals surface area contributed by atoms with E-state index in [0.717, 1.165) is 69.3 Å². The van der Waals surface area contributed by atoms with Crippen LogP contribution >= 0.6 is 0 Å².